The predicted molar refractivity (Wildman–Crippen MR) is 95.7 cm³/mol. The second-order valence-corrected chi connectivity index (χ2v) is 5.38. The molecule has 3 nitrogen and oxygen atoms in total. The van der Waals surface area contributed by atoms with E-state index in [2.05, 4.69) is 47.5 Å². The van der Waals surface area contributed by atoms with Crippen LogP contribution in [0.25, 0.3) is 10.8 Å². The smallest absolute Gasteiger partial charge is 0.252 e. The highest BCUT2D eigenvalue weighted by Crippen LogP contribution is 2.26. The lowest BCUT2D eigenvalue weighted by molar-refractivity contribution is 0.0953. The second-order valence-electron chi connectivity index (χ2n) is 5.38. The zero-order valence-electron chi connectivity index (χ0n) is 13.2. The molecule has 0 spiro atoms. The Labute approximate surface area is 136 Å². The fourth-order valence-electron chi connectivity index (χ4n) is 2.71. The summed E-state index contributed by atoms with van der Waals surface area (Å²) in [5, 5.41) is 5.41. The average Bonchev–Trinajstić information content (AvgIpc) is 2.63. The van der Waals surface area contributed by atoms with Crippen LogP contribution in [0.15, 0.2) is 72.8 Å². The molecule has 1 N–H and O–H groups in total. The average molecular weight is 304 g/mol. The summed E-state index contributed by atoms with van der Waals surface area (Å²) in [5.74, 6) is -0.0516. The standard InChI is InChI=1S/C20H20N2O/c1-2-22(15-21-20(23)17-10-4-3-5-11-17)19-14-8-12-16-9-6-7-13-18(16)19/h3-14H,2,15H2,1H3,(H,21,23). The lowest BCUT2D eigenvalue weighted by atomic mass is 10.1. The summed E-state index contributed by atoms with van der Waals surface area (Å²) in [6.45, 7) is 3.40. The number of amides is 1. The van der Waals surface area contributed by atoms with Crippen LogP contribution >= 0.6 is 0 Å². The zero-order valence-corrected chi connectivity index (χ0v) is 13.2. The van der Waals surface area contributed by atoms with Crippen molar-refractivity contribution in [1.82, 2.24) is 5.32 Å². The molecule has 0 radical (unpaired) electrons. The Morgan fingerprint density at radius 1 is 0.913 bits per heavy atom. The predicted octanol–water partition coefficient (Wildman–Crippen LogP) is 4.05. The van der Waals surface area contributed by atoms with Gasteiger partial charge in [-0.25, -0.2) is 0 Å². The van der Waals surface area contributed by atoms with Gasteiger partial charge in [-0.15, -0.1) is 0 Å². The quantitative estimate of drug-likeness (QED) is 0.721. The van der Waals surface area contributed by atoms with Crippen LogP contribution in [0.1, 0.15) is 17.3 Å². The van der Waals surface area contributed by atoms with Crippen molar-refractivity contribution in [2.45, 2.75) is 6.92 Å². The first-order valence-electron chi connectivity index (χ1n) is 7.85. The minimum atomic E-state index is -0.0516. The van der Waals surface area contributed by atoms with E-state index in [-0.39, 0.29) is 5.91 Å². The summed E-state index contributed by atoms with van der Waals surface area (Å²) in [5.41, 5.74) is 1.82. The number of nitrogens with one attached hydrogen (secondary N) is 1. The molecule has 3 aromatic carbocycles. The number of hydrogen-bond donors (Lipinski definition) is 1. The molecule has 0 heterocycles. The Hall–Kier alpha value is -2.81. The first-order chi connectivity index (χ1) is 11.3. The molecule has 0 aromatic heterocycles. The highest BCUT2D eigenvalue weighted by atomic mass is 16.1. The zero-order chi connectivity index (χ0) is 16.1. The number of nitrogens with zero attached hydrogens (tertiary/aromatic N) is 1. The molecule has 0 aliphatic heterocycles. The molecule has 3 heteroatoms. The normalized spacial score (nSPS) is 10.5. The van der Waals surface area contributed by atoms with Crippen LogP contribution in [-0.2, 0) is 0 Å². The number of fused-ring (bicyclic) bond motifs is 1. The summed E-state index contributed by atoms with van der Waals surface area (Å²) in [4.78, 5) is 14.4. The van der Waals surface area contributed by atoms with E-state index in [0.717, 1.165) is 12.2 Å². The number of benzene rings is 3. The summed E-state index contributed by atoms with van der Waals surface area (Å²) in [7, 11) is 0. The molecule has 23 heavy (non-hydrogen) atoms. The fourth-order valence-corrected chi connectivity index (χ4v) is 2.71. The van der Waals surface area contributed by atoms with Gasteiger partial charge >= 0.3 is 0 Å². The third kappa shape index (κ3) is 3.34. The van der Waals surface area contributed by atoms with Crippen LogP contribution < -0.4 is 10.2 Å². The van der Waals surface area contributed by atoms with Gasteiger partial charge in [0.05, 0.1) is 6.67 Å². The van der Waals surface area contributed by atoms with Crippen LogP contribution in [0, 0.1) is 0 Å². The van der Waals surface area contributed by atoms with Crippen LogP contribution in [0.5, 0.6) is 0 Å². The Morgan fingerprint density at radius 3 is 2.39 bits per heavy atom. The SMILES string of the molecule is CCN(CNC(=O)c1ccccc1)c1cccc2ccccc12. The first kappa shape index (κ1) is 15.1. The largest absolute Gasteiger partial charge is 0.354 e. The van der Waals surface area contributed by atoms with Gasteiger partial charge in [-0.2, -0.15) is 0 Å². The molecule has 0 unspecified atom stereocenters. The van der Waals surface area contributed by atoms with Gasteiger partial charge in [0.2, 0.25) is 0 Å². The number of carbonyl (C=O) groups is 1. The number of rotatable bonds is 5. The highest BCUT2D eigenvalue weighted by Gasteiger charge is 2.10. The molecule has 0 aliphatic rings. The number of carbonyl (C=O) groups excluding carboxylic acids is 1. The third-order valence-electron chi connectivity index (χ3n) is 3.96. The van der Waals surface area contributed by atoms with Crippen molar-refractivity contribution in [2.24, 2.45) is 0 Å². The highest BCUT2D eigenvalue weighted by molar-refractivity contribution is 5.96. The van der Waals surface area contributed by atoms with E-state index < -0.39 is 0 Å². The van der Waals surface area contributed by atoms with Crippen molar-refractivity contribution in [1.29, 1.82) is 0 Å². The van der Waals surface area contributed by atoms with Gasteiger partial charge in [0, 0.05) is 23.2 Å². The third-order valence-corrected chi connectivity index (χ3v) is 3.96. The molecular weight excluding hydrogens is 284 g/mol. The van der Waals surface area contributed by atoms with Crippen LogP contribution in [0.2, 0.25) is 0 Å². The Morgan fingerprint density at radius 2 is 1.61 bits per heavy atom. The second kappa shape index (κ2) is 6.97. The lowest BCUT2D eigenvalue weighted by Crippen LogP contribution is -2.37. The van der Waals surface area contributed by atoms with E-state index in [1.807, 2.05) is 42.5 Å². The van der Waals surface area contributed by atoms with E-state index in [9.17, 15) is 4.79 Å². The van der Waals surface area contributed by atoms with Crippen molar-refractivity contribution < 1.29 is 4.79 Å². The van der Waals surface area contributed by atoms with Crippen molar-refractivity contribution in [2.75, 3.05) is 18.1 Å². The first-order valence-corrected chi connectivity index (χ1v) is 7.85. The summed E-state index contributed by atoms with van der Waals surface area (Å²) < 4.78 is 0. The van der Waals surface area contributed by atoms with E-state index in [1.54, 1.807) is 0 Å². The minimum absolute atomic E-state index is 0.0516. The van der Waals surface area contributed by atoms with E-state index in [0.29, 0.717) is 12.2 Å². The Balaban J connectivity index is 1.79. The van der Waals surface area contributed by atoms with Gasteiger partial charge in [-0.05, 0) is 30.5 Å². The number of hydrogen-bond acceptors (Lipinski definition) is 2. The molecule has 0 atom stereocenters. The molecule has 116 valence electrons. The minimum Gasteiger partial charge on any atom is -0.354 e. The maximum atomic E-state index is 12.2. The Kier molecular flexibility index (Phi) is 4.57. The van der Waals surface area contributed by atoms with E-state index in [4.69, 9.17) is 0 Å². The molecular formula is C20H20N2O. The van der Waals surface area contributed by atoms with Gasteiger partial charge in [-0.1, -0.05) is 54.6 Å². The maximum absolute atomic E-state index is 12.2. The van der Waals surface area contributed by atoms with Crippen molar-refractivity contribution in [3.63, 3.8) is 0 Å². The molecule has 0 bridgehead atoms. The molecule has 3 rings (SSSR count). The van der Waals surface area contributed by atoms with Crippen LogP contribution in [0.3, 0.4) is 0 Å². The van der Waals surface area contributed by atoms with Crippen molar-refractivity contribution in [3.05, 3.63) is 78.4 Å². The monoisotopic (exact) mass is 304 g/mol. The molecule has 0 saturated heterocycles. The van der Waals surface area contributed by atoms with E-state index >= 15 is 0 Å². The fraction of sp³-hybridized carbons (Fsp3) is 0.150. The maximum Gasteiger partial charge on any atom is 0.252 e. The van der Waals surface area contributed by atoms with Gasteiger partial charge in [-0.3, -0.25) is 4.79 Å². The number of anilines is 1. The van der Waals surface area contributed by atoms with Gasteiger partial charge in [0.15, 0.2) is 0 Å². The van der Waals surface area contributed by atoms with Crippen molar-refractivity contribution >= 4 is 22.4 Å². The van der Waals surface area contributed by atoms with Crippen LogP contribution in [-0.4, -0.2) is 19.1 Å². The summed E-state index contributed by atoms with van der Waals surface area (Å²) in [6.07, 6.45) is 0. The summed E-state index contributed by atoms with van der Waals surface area (Å²) in [6, 6.07) is 23.9. The van der Waals surface area contributed by atoms with Gasteiger partial charge < -0.3 is 10.2 Å². The lowest BCUT2D eigenvalue weighted by Gasteiger charge is -2.25. The van der Waals surface area contributed by atoms with E-state index in [1.165, 1.54) is 10.8 Å². The topological polar surface area (TPSA) is 32.3 Å². The van der Waals surface area contributed by atoms with Gasteiger partial charge in [0.1, 0.15) is 0 Å². The Bertz CT molecular complexity index is 794. The molecule has 0 fully saturated rings. The van der Waals surface area contributed by atoms with Gasteiger partial charge in [0.25, 0.3) is 5.91 Å². The van der Waals surface area contributed by atoms with Crippen molar-refractivity contribution in [3.8, 4) is 0 Å². The molecule has 1 amide bonds. The summed E-state index contributed by atoms with van der Waals surface area (Å²) >= 11 is 0. The van der Waals surface area contributed by atoms with Crippen LogP contribution in [0.4, 0.5) is 5.69 Å². The molecule has 0 saturated carbocycles. The molecule has 3 aromatic rings. The molecule has 0 aliphatic carbocycles.